The lowest BCUT2D eigenvalue weighted by molar-refractivity contribution is 0.386. The van der Waals surface area contributed by atoms with Gasteiger partial charge in [-0.05, 0) is 22.0 Å². The fraction of sp³-hybridized carbons (Fsp3) is 0.200. The van der Waals surface area contributed by atoms with Crippen molar-refractivity contribution in [3.05, 3.63) is 28.5 Å². The quantitative estimate of drug-likeness (QED) is 0.771. The standard InChI is InChI=1S/C10H9BrN6O/c1-5-14-8(16-18-5)4-17-9-7(15-10(17)12)2-6(11)3-13-9/h2-3H,4H2,1H3,(H2,12,15). The van der Waals surface area contributed by atoms with Gasteiger partial charge in [0.25, 0.3) is 0 Å². The number of halogens is 1. The van der Waals surface area contributed by atoms with Gasteiger partial charge in [-0.3, -0.25) is 4.57 Å². The fourth-order valence-electron chi connectivity index (χ4n) is 1.71. The maximum absolute atomic E-state index is 5.87. The highest BCUT2D eigenvalue weighted by Gasteiger charge is 2.12. The van der Waals surface area contributed by atoms with E-state index in [2.05, 4.69) is 36.0 Å². The molecule has 3 heterocycles. The number of aromatic nitrogens is 5. The predicted molar refractivity (Wildman–Crippen MR) is 67.8 cm³/mol. The van der Waals surface area contributed by atoms with E-state index in [1.807, 2.05) is 6.07 Å². The second-order valence-corrected chi connectivity index (χ2v) is 4.70. The smallest absolute Gasteiger partial charge is 0.223 e. The maximum Gasteiger partial charge on any atom is 0.223 e. The molecule has 0 aromatic carbocycles. The zero-order valence-electron chi connectivity index (χ0n) is 9.46. The number of fused-ring (bicyclic) bond motifs is 1. The average molecular weight is 309 g/mol. The van der Waals surface area contributed by atoms with Crippen molar-refractivity contribution in [2.75, 3.05) is 5.73 Å². The third kappa shape index (κ3) is 1.84. The highest BCUT2D eigenvalue weighted by molar-refractivity contribution is 9.10. The molecule has 0 unspecified atom stereocenters. The molecule has 3 aromatic heterocycles. The first-order valence-electron chi connectivity index (χ1n) is 5.20. The Morgan fingerprint density at radius 2 is 2.28 bits per heavy atom. The number of nitrogen functional groups attached to an aromatic ring is 1. The van der Waals surface area contributed by atoms with Gasteiger partial charge in [-0.2, -0.15) is 4.98 Å². The summed E-state index contributed by atoms with van der Waals surface area (Å²) < 4.78 is 7.52. The molecule has 0 bridgehead atoms. The Balaban J connectivity index is 2.08. The van der Waals surface area contributed by atoms with E-state index >= 15 is 0 Å². The Hall–Kier alpha value is -1.96. The molecule has 2 N–H and O–H groups in total. The number of anilines is 1. The SMILES string of the molecule is Cc1nc(Cn2c(N)nc3cc(Br)cnc32)no1. The normalized spacial score (nSPS) is 11.2. The van der Waals surface area contributed by atoms with Crippen LogP contribution in [0, 0.1) is 6.92 Å². The molecule has 0 radical (unpaired) electrons. The van der Waals surface area contributed by atoms with Crippen LogP contribution in [0.4, 0.5) is 5.95 Å². The molecule has 0 aliphatic heterocycles. The van der Waals surface area contributed by atoms with Gasteiger partial charge in [-0.25, -0.2) is 9.97 Å². The summed E-state index contributed by atoms with van der Waals surface area (Å²) in [5.41, 5.74) is 7.29. The van der Waals surface area contributed by atoms with Gasteiger partial charge >= 0.3 is 0 Å². The fourth-order valence-corrected chi connectivity index (χ4v) is 2.03. The molecule has 0 aliphatic rings. The third-order valence-electron chi connectivity index (χ3n) is 2.45. The van der Waals surface area contributed by atoms with Crippen molar-refractivity contribution >= 4 is 33.0 Å². The van der Waals surface area contributed by atoms with Crippen LogP contribution < -0.4 is 5.73 Å². The summed E-state index contributed by atoms with van der Waals surface area (Å²) in [5.74, 6) is 1.44. The average Bonchev–Trinajstić information content (AvgIpc) is 2.84. The van der Waals surface area contributed by atoms with E-state index in [9.17, 15) is 0 Å². The van der Waals surface area contributed by atoms with Gasteiger partial charge in [-0.15, -0.1) is 0 Å². The molecule has 0 amide bonds. The Morgan fingerprint density at radius 1 is 1.44 bits per heavy atom. The lowest BCUT2D eigenvalue weighted by Crippen LogP contribution is -2.06. The van der Waals surface area contributed by atoms with E-state index < -0.39 is 0 Å². The third-order valence-corrected chi connectivity index (χ3v) is 2.88. The lowest BCUT2D eigenvalue weighted by atomic mass is 10.4. The monoisotopic (exact) mass is 308 g/mol. The molecule has 0 aliphatic carbocycles. The Labute approximate surface area is 110 Å². The second-order valence-electron chi connectivity index (χ2n) is 3.78. The van der Waals surface area contributed by atoms with E-state index in [1.54, 1.807) is 17.7 Å². The van der Waals surface area contributed by atoms with Gasteiger partial charge in [0.1, 0.15) is 5.52 Å². The molecule has 8 heteroatoms. The minimum atomic E-state index is 0.373. The molecule has 0 fully saturated rings. The molecule has 18 heavy (non-hydrogen) atoms. The van der Waals surface area contributed by atoms with Crippen molar-refractivity contribution in [3.8, 4) is 0 Å². The van der Waals surface area contributed by atoms with Crippen molar-refractivity contribution in [3.63, 3.8) is 0 Å². The van der Waals surface area contributed by atoms with Gasteiger partial charge in [-0.1, -0.05) is 5.16 Å². The van der Waals surface area contributed by atoms with Crippen LogP contribution in [-0.2, 0) is 6.54 Å². The van der Waals surface area contributed by atoms with E-state index in [0.29, 0.717) is 29.9 Å². The molecule has 7 nitrogen and oxygen atoms in total. The van der Waals surface area contributed by atoms with Crippen molar-refractivity contribution in [1.29, 1.82) is 0 Å². The van der Waals surface area contributed by atoms with Crippen molar-refractivity contribution in [2.45, 2.75) is 13.5 Å². The maximum atomic E-state index is 5.87. The first-order chi connectivity index (χ1) is 8.63. The van der Waals surface area contributed by atoms with Gasteiger partial charge in [0.05, 0.1) is 6.54 Å². The van der Waals surface area contributed by atoms with Gasteiger partial charge in [0, 0.05) is 17.6 Å². The van der Waals surface area contributed by atoms with Crippen LogP contribution in [0.2, 0.25) is 0 Å². The molecule has 3 aromatic rings. The minimum Gasteiger partial charge on any atom is -0.369 e. The largest absolute Gasteiger partial charge is 0.369 e. The number of hydrogen-bond donors (Lipinski definition) is 1. The summed E-state index contributed by atoms with van der Waals surface area (Å²) in [5, 5.41) is 3.83. The van der Waals surface area contributed by atoms with Gasteiger partial charge in [0.2, 0.25) is 11.8 Å². The topological polar surface area (TPSA) is 95.7 Å². The number of pyridine rings is 1. The summed E-state index contributed by atoms with van der Waals surface area (Å²) in [4.78, 5) is 12.7. The van der Waals surface area contributed by atoms with E-state index in [0.717, 1.165) is 9.99 Å². The molecular formula is C10H9BrN6O. The van der Waals surface area contributed by atoms with Crippen LogP contribution in [0.15, 0.2) is 21.3 Å². The van der Waals surface area contributed by atoms with Crippen LogP contribution >= 0.6 is 15.9 Å². The van der Waals surface area contributed by atoms with Gasteiger partial charge in [0.15, 0.2) is 11.5 Å². The number of nitrogens with two attached hydrogens (primary N) is 1. The van der Waals surface area contributed by atoms with E-state index in [-0.39, 0.29) is 0 Å². The van der Waals surface area contributed by atoms with Crippen LogP contribution in [-0.4, -0.2) is 24.7 Å². The summed E-state index contributed by atoms with van der Waals surface area (Å²) in [6, 6.07) is 1.86. The van der Waals surface area contributed by atoms with E-state index in [1.165, 1.54) is 0 Å². The highest BCUT2D eigenvalue weighted by Crippen LogP contribution is 2.20. The molecule has 0 saturated heterocycles. The molecular weight excluding hydrogens is 300 g/mol. The first-order valence-corrected chi connectivity index (χ1v) is 5.99. The van der Waals surface area contributed by atoms with Crippen LogP contribution in [0.5, 0.6) is 0 Å². The summed E-state index contributed by atoms with van der Waals surface area (Å²) in [7, 11) is 0. The Bertz CT molecular complexity index is 718. The Kier molecular flexibility index (Phi) is 2.51. The number of imidazole rings is 1. The lowest BCUT2D eigenvalue weighted by Gasteiger charge is -2.01. The summed E-state index contributed by atoms with van der Waals surface area (Å²) in [6.45, 7) is 2.12. The van der Waals surface area contributed by atoms with Crippen LogP contribution in [0.3, 0.4) is 0 Å². The number of rotatable bonds is 2. The molecule has 92 valence electrons. The molecule has 0 atom stereocenters. The molecule has 0 spiro atoms. The van der Waals surface area contributed by atoms with Crippen molar-refractivity contribution < 1.29 is 4.52 Å². The van der Waals surface area contributed by atoms with Crippen molar-refractivity contribution in [1.82, 2.24) is 24.7 Å². The molecule has 0 saturated carbocycles. The molecule has 3 rings (SSSR count). The van der Waals surface area contributed by atoms with Crippen LogP contribution in [0.25, 0.3) is 11.2 Å². The second kappa shape index (κ2) is 4.05. The zero-order chi connectivity index (χ0) is 12.7. The van der Waals surface area contributed by atoms with Gasteiger partial charge < -0.3 is 10.3 Å². The number of aryl methyl sites for hydroxylation is 1. The zero-order valence-corrected chi connectivity index (χ0v) is 11.0. The Morgan fingerprint density at radius 3 is 3.00 bits per heavy atom. The first kappa shape index (κ1) is 11.1. The van der Waals surface area contributed by atoms with E-state index in [4.69, 9.17) is 10.3 Å². The van der Waals surface area contributed by atoms with Crippen molar-refractivity contribution in [2.24, 2.45) is 0 Å². The summed E-state index contributed by atoms with van der Waals surface area (Å²) >= 11 is 3.34. The highest BCUT2D eigenvalue weighted by atomic mass is 79.9. The predicted octanol–water partition coefficient (Wildman–Crippen LogP) is 1.52. The van der Waals surface area contributed by atoms with Crippen LogP contribution in [0.1, 0.15) is 11.7 Å². The minimum absolute atomic E-state index is 0.373. The summed E-state index contributed by atoms with van der Waals surface area (Å²) in [6.07, 6.45) is 1.70. The number of nitrogens with zero attached hydrogens (tertiary/aromatic N) is 5. The number of hydrogen-bond acceptors (Lipinski definition) is 6.